The number of nitrogens with two attached hydrogens (primary N) is 1. The molecule has 1 unspecified atom stereocenters. The monoisotopic (exact) mass is 303 g/mol. The van der Waals surface area contributed by atoms with Crippen molar-refractivity contribution in [3.63, 3.8) is 0 Å². The largest absolute Gasteiger partial charge is 0.324 e. The van der Waals surface area contributed by atoms with Crippen molar-refractivity contribution in [3.05, 3.63) is 69.7 Å². The van der Waals surface area contributed by atoms with E-state index in [2.05, 4.69) is 65.3 Å². The molecule has 0 spiro atoms. The van der Waals surface area contributed by atoms with Gasteiger partial charge in [-0.2, -0.15) is 0 Å². The number of halogens is 1. The Morgan fingerprint density at radius 1 is 1.11 bits per heavy atom. The molecule has 18 heavy (non-hydrogen) atoms. The van der Waals surface area contributed by atoms with Crippen LogP contribution in [0.4, 0.5) is 0 Å². The van der Waals surface area contributed by atoms with Crippen LogP contribution >= 0.6 is 15.9 Å². The molecular weight excluding hydrogens is 286 g/mol. The van der Waals surface area contributed by atoms with Crippen molar-refractivity contribution in [1.82, 2.24) is 0 Å². The Balaban J connectivity index is 2.01. The molecule has 0 aromatic heterocycles. The lowest BCUT2D eigenvalue weighted by Gasteiger charge is -2.14. The van der Waals surface area contributed by atoms with E-state index in [1.165, 1.54) is 16.7 Å². The second kappa shape index (κ2) is 6.17. The summed E-state index contributed by atoms with van der Waals surface area (Å²) in [6, 6.07) is 16.9. The smallest absolute Gasteiger partial charge is 0.0309 e. The molecule has 0 saturated carbocycles. The maximum atomic E-state index is 6.26. The summed E-state index contributed by atoms with van der Waals surface area (Å²) in [5, 5.41) is 0. The standard InChI is InChI=1S/C16H18BrN/c1-12-7-9-14(15(17)11-12)16(18)10-8-13-5-3-2-4-6-13/h2-7,9,11,16H,8,10,18H2,1H3. The Labute approximate surface area is 117 Å². The van der Waals surface area contributed by atoms with E-state index in [1.54, 1.807) is 0 Å². The minimum atomic E-state index is 0.0835. The van der Waals surface area contributed by atoms with E-state index in [1.807, 2.05) is 6.07 Å². The van der Waals surface area contributed by atoms with Gasteiger partial charge in [-0.05, 0) is 42.5 Å². The molecule has 0 saturated heterocycles. The van der Waals surface area contributed by atoms with E-state index in [4.69, 9.17) is 5.73 Å². The summed E-state index contributed by atoms with van der Waals surface area (Å²) in [7, 11) is 0. The van der Waals surface area contributed by atoms with E-state index in [0.29, 0.717) is 0 Å². The van der Waals surface area contributed by atoms with Crippen LogP contribution in [0, 0.1) is 6.92 Å². The maximum absolute atomic E-state index is 6.26. The first-order chi connectivity index (χ1) is 8.66. The molecule has 2 rings (SSSR count). The van der Waals surface area contributed by atoms with Gasteiger partial charge in [-0.3, -0.25) is 0 Å². The molecule has 0 radical (unpaired) electrons. The van der Waals surface area contributed by atoms with Crippen LogP contribution < -0.4 is 5.73 Å². The van der Waals surface area contributed by atoms with E-state index in [9.17, 15) is 0 Å². The topological polar surface area (TPSA) is 26.0 Å². The van der Waals surface area contributed by atoms with Crippen molar-refractivity contribution in [3.8, 4) is 0 Å². The summed E-state index contributed by atoms with van der Waals surface area (Å²) in [5.74, 6) is 0. The van der Waals surface area contributed by atoms with Gasteiger partial charge in [-0.25, -0.2) is 0 Å². The first-order valence-electron chi connectivity index (χ1n) is 6.22. The second-order valence-electron chi connectivity index (χ2n) is 4.66. The zero-order chi connectivity index (χ0) is 13.0. The molecular formula is C16H18BrN. The summed E-state index contributed by atoms with van der Waals surface area (Å²) in [5.41, 5.74) is 10.0. The van der Waals surface area contributed by atoms with Crippen LogP contribution in [0.3, 0.4) is 0 Å². The summed E-state index contributed by atoms with van der Waals surface area (Å²) in [6.45, 7) is 2.09. The molecule has 0 aliphatic heterocycles. The number of aryl methyl sites for hydroxylation is 2. The van der Waals surface area contributed by atoms with Crippen LogP contribution in [0.15, 0.2) is 53.0 Å². The molecule has 0 heterocycles. The molecule has 1 atom stereocenters. The molecule has 2 N–H and O–H groups in total. The predicted molar refractivity (Wildman–Crippen MR) is 80.6 cm³/mol. The van der Waals surface area contributed by atoms with E-state index in [0.717, 1.165) is 17.3 Å². The summed E-state index contributed by atoms with van der Waals surface area (Å²) >= 11 is 3.59. The van der Waals surface area contributed by atoms with Crippen molar-refractivity contribution in [2.24, 2.45) is 5.73 Å². The van der Waals surface area contributed by atoms with Gasteiger partial charge in [0.1, 0.15) is 0 Å². The molecule has 0 amide bonds. The molecule has 2 heteroatoms. The van der Waals surface area contributed by atoms with E-state index >= 15 is 0 Å². The third-order valence-corrected chi connectivity index (χ3v) is 3.83. The maximum Gasteiger partial charge on any atom is 0.0309 e. The van der Waals surface area contributed by atoms with Crippen molar-refractivity contribution in [2.45, 2.75) is 25.8 Å². The third kappa shape index (κ3) is 3.44. The Morgan fingerprint density at radius 2 is 1.83 bits per heavy atom. The highest BCUT2D eigenvalue weighted by Crippen LogP contribution is 2.26. The highest BCUT2D eigenvalue weighted by atomic mass is 79.9. The molecule has 2 aromatic rings. The van der Waals surface area contributed by atoms with Gasteiger partial charge >= 0.3 is 0 Å². The Morgan fingerprint density at radius 3 is 2.50 bits per heavy atom. The van der Waals surface area contributed by atoms with Gasteiger partial charge in [-0.1, -0.05) is 58.4 Å². The molecule has 0 fully saturated rings. The van der Waals surface area contributed by atoms with Crippen LogP contribution in [-0.4, -0.2) is 0 Å². The second-order valence-corrected chi connectivity index (χ2v) is 5.51. The molecule has 0 bridgehead atoms. The van der Waals surface area contributed by atoms with Gasteiger partial charge in [0.15, 0.2) is 0 Å². The van der Waals surface area contributed by atoms with Crippen molar-refractivity contribution in [1.29, 1.82) is 0 Å². The van der Waals surface area contributed by atoms with Gasteiger partial charge in [0, 0.05) is 10.5 Å². The lowest BCUT2D eigenvalue weighted by atomic mass is 9.99. The highest BCUT2D eigenvalue weighted by Gasteiger charge is 2.09. The number of hydrogen-bond donors (Lipinski definition) is 1. The number of benzene rings is 2. The van der Waals surface area contributed by atoms with E-state index in [-0.39, 0.29) is 6.04 Å². The molecule has 2 aromatic carbocycles. The minimum absolute atomic E-state index is 0.0835. The molecule has 1 nitrogen and oxygen atoms in total. The summed E-state index contributed by atoms with van der Waals surface area (Å²) < 4.78 is 1.11. The zero-order valence-corrected chi connectivity index (χ0v) is 12.2. The van der Waals surface area contributed by atoms with E-state index < -0.39 is 0 Å². The fourth-order valence-corrected chi connectivity index (χ4v) is 2.84. The normalized spacial score (nSPS) is 12.4. The van der Waals surface area contributed by atoms with Crippen molar-refractivity contribution in [2.75, 3.05) is 0 Å². The molecule has 0 aliphatic carbocycles. The highest BCUT2D eigenvalue weighted by molar-refractivity contribution is 9.10. The van der Waals surface area contributed by atoms with Gasteiger partial charge in [-0.15, -0.1) is 0 Å². The van der Waals surface area contributed by atoms with Crippen molar-refractivity contribution >= 4 is 15.9 Å². The predicted octanol–water partition coefficient (Wildman–Crippen LogP) is 4.39. The average molecular weight is 304 g/mol. The fraction of sp³-hybridized carbons (Fsp3) is 0.250. The lowest BCUT2D eigenvalue weighted by molar-refractivity contribution is 0.649. The quantitative estimate of drug-likeness (QED) is 0.890. The summed E-state index contributed by atoms with van der Waals surface area (Å²) in [4.78, 5) is 0. The molecule has 0 aliphatic rings. The number of hydrogen-bond acceptors (Lipinski definition) is 1. The van der Waals surface area contributed by atoms with Crippen LogP contribution in [0.5, 0.6) is 0 Å². The van der Waals surface area contributed by atoms with Gasteiger partial charge < -0.3 is 5.73 Å². The Kier molecular flexibility index (Phi) is 4.56. The fourth-order valence-electron chi connectivity index (χ4n) is 2.06. The lowest BCUT2D eigenvalue weighted by Crippen LogP contribution is -2.12. The van der Waals surface area contributed by atoms with Gasteiger partial charge in [0.2, 0.25) is 0 Å². The van der Waals surface area contributed by atoms with Crippen molar-refractivity contribution < 1.29 is 0 Å². The zero-order valence-electron chi connectivity index (χ0n) is 10.6. The van der Waals surface area contributed by atoms with Gasteiger partial charge in [0.05, 0.1) is 0 Å². The van der Waals surface area contributed by atoms with Crippen LogP contribution in [0.2, 0.25) is 0 Å². The third-order valence-electron chi connectivity index (χ3n) is 3.14. The summed E-state index contributed by atoms with van der Waals surface area (Å²) in [6.07, 6.45) is 1.98. The Bertz CT molecular complexity index is 508. The minimum Gasteiger partial charge on any atom is -0.324 e. The average Bonchev–Trinajstić information content (AvgIpc) is 2.37. The van der Waals surface area contributed by atoms with Crippen LogP contribution in [0.1, 0.15) is 29.2 Å². The Hall–Kier alpha value is -1.12. The number of rotatable bonds is 4. The van der Waals surface area contributed by atoms with Crippen LogP contribution in [0.25, 0.3) is 0 Å². The first-order valence-corrected chi connectivity index (χ1v) is 7.01. The SMILES string of the molecule is Cc1ccc(C(N)CCc2ccccc2)c(Br)c1. The van der Waals surface area contributed by atoms with Gasteiger partial charge in [0.25, 0.3) is 0 Å². The first kappa shape index (κ1) is 13.3. The molecule has 94 valence electrons. The van der Waals surface area contributed by atoms with Crippen LogP contribution in [-0.2, 0) is 6.42 Å².